The van der Waals surface area contributed by atoms with Crippen molar-refractivity contribution in [1.82, 2.24) is 14.7 Å². The van der Waals surface area contributed by atoms with E-state index in [1.165, 1.54) is 0 Å². The van der Waals surface area contributed by atoms with Crippen LogP contribution in [0.3, 0.4) is 0 Å². The molecule has 3 amide bonds. The summed E-state index contributed by atoms with van der Waals surface area (Å²) in [6.07, 6.45) is 1.32. The molecule has 1 aromatic carbocycles. The van der Waals surface area contributed by atoms with E-state index in [-0.39, 0.29) is 17.7 Å². The van der Waals surface area contributed by atoms with Gasteiger partial charge in [-0.1, -0.05) is 0 Å². The second-order valence-electron chi connectivity index (χ2n) is 7.07. The van der Waals surface area contributed by atoms with Gasteiger partial charge in [0.25, 0.3) is 5.91 Å². The van der Waals surface area contributed by atoms with Gasteiger partial charge in [0, 0.05) is 62.9 Å². The van der Waals surface area contributed by atoms with Gasteiger partial charge in [0.05, 0.1) is 12.2 Å². The zero-order valence-electron chi connectivity index (χ0n) is 15.9. The van der Waals surface area contributed by atoms with Crippen molar-refractivity contribution in [2.45, 2.75) is 17.7 Å². The molecule has 1 saturated heterocycles. The van der Waals surface area contributed by atoms with Gasteiger partial charge in [-0.25, -0.2) is 0 Å². The summed E-state index contributed by atoms with van der Waals surface area (Å²) >= 11 is 1.63. The number of hydrogen-bond donors (Lipinski definition) is 1. The van der Waals surface area contributed by atoms with E-state index in [1.54, 1.807) is 36.8 Å². The zero-order chi connectivity index (χ0) is 19.4. The molecule has 2 aliphatic heterocycles. The van der Waals surface area contributed by atoms with Gasteiger partial charge in [-0.05, 0) is 24.6 Å². The van der Waals surface area contributed by atoms with E-state index < -0.39 is 0 Å². The molecule has 1 aromatic rings. The lowest BCUT2D eigenvalue weighted by molar-refractivity contribution is -0.129. The van der Waals surface area contributed by atoms with Crippen LogP contribution >= 0.6 is 11.8 Å². The maximum absolute atomic E-state index is 13.0. The minimum Gasteiger partial charge on any atom is -0.348 e. The van der Waals surface area contributed by atoms with Crippen molar-refractivity contribution in [3.05, 3.63) is 23.8 Å². The summed E-state index contributed by atoms with van der Waals surface area (Å²) in [4.78, 5) is 43.2. The van der Waals surface area contributed by atoms with E-state index in [0.717, 1.165) is 29.3 Å². The van der Waals surface area contributed by atoms with Crippen LogP contribution in [-0.2, 0) is 9.59 Å². The molecule has 0 atom stereocenters. The molecule has 2 heterocycles. The molecule has 8 heteroatoms. The maximum atomic E-state index is 13.0. The molecule has 0 saturated carbocycles. The predicted octanol–water partition coefficient (Wildman–Crippen LogP) is 1.36. The van der Waals surface area contributed by atoms with E-state index in [1.807, 2.05) is 17.0 Å². The Balaban J connectivity index is 1.66. The molecule has 0 spiro atoms. The lowest BCUT2D eigenvalue weighted by atomic mass is 10.1. The fourth-order valence-electron chi connectivity index (χ4n) is 3.20. The summed E-state index contributed by atoms with van der Waals surface area (Å²) in [5, 5.41) is 2.89. The van der Waals surface area contributed by atoms with Crippen molar-refractivity contribution in [3.63, 3.8) is 0 Å². The minimum absolute atomic E-state index is 0.0122. The minimum atomic E-state index is -0.0258. The van der Waals surface area contributed by atoms with Gasteiger partial charge in [0.1, 0.15) is 0 Å². The van der Waals surface area contributed by atoms with Crippen LogP contribution in [0.15, 0.2) is 23.1 Å². The number of fused-ring (bicyclic) bond motifs is 1. The third-order valence-electron chi connectivity index (χ3n) is 4.82. The first kappa shape index (κ1) is 19.7. The van der Waals surface area contributed by atoms with Gasteiger partial charge >= 0.3 is 0 Å². The van der Waals surface area contributed by atoms with Crippen LogP contribution in [0, 0.1) is 0 Å². The van der Waals surface area contributed by atoms with E-state index in [9.17, 15) is 14.4 Å². The van der Waals surface area contributed by atoms with Crippen molar-refractivity contribution in [3.8, 4) is 0 Å². The second-order valence-corrected chi connectivity index (χ2v) is 8.20. The number of nitrogens with one attached hydrogen (secondary N) is 1. The molecule has 0 radical (unpaired) electrons. The Labute approximate surface area is 164 Å². The Morgan fingerprint density at radius 1 is 1.19 bits per heavy atom. The Kier molecular flexibility index (Phi) is 6.38. The van der Waals surface area contributed by atoms with Crippen LogP contribution in [0.5, 0.6) is 0 Å². The number of anilines is 1. The smallest absolute Gasteiger partial charge is 0.253 e. The first-order valence-electron chi connectivity index (χ1n) is 9.22. The molecule has 1 N–H and O–H groups in total. The number of likely N-dealkylation sites (N-methyl/N-ethyl adjacent to an activating group) is 1. The summed E-state index contributed by atoms with van der Waals surface area (Å²) in [5.74, 6) is 0.789. The van der Waals surface area contributed by atoms with Crippen LogP contribution in [0.25, 0.3) is 0 Å². The highest BCUT2D eigenvalue weighted by atomic mass is 32.2. The van der Waals surface area contributed by atoms with Crippen molar-refractivity contribution in [2.75, 3.05) is 57.9 Å². The van der Waals surface area contributed by atoms with Crippen molar-refractivity contribution >= 4 is 35.2 Å². The second kappa shape index (κ2) is 8.75. The SMILES string of the molecule is CN(C)C(=O)CN1CCCN(C(=O)c2ccc3c(c2)NC(=O)CCS3)CC1. The van der Waals surface area contributed by atoms with Crippen molar-refractivity contribution in [1.29, 1.82) is 0 Å². The molecule has 0 bridgehead atoms. The van der Waals surface area contributed by atoms with E-state index >= 15 is 0 Å². The Hall–Kier alpha value is -2.06. The standard InChI is InChI=1S/C19H26N4O3S/c1-21(2)18(25)13-22-7-3-8-23(10-9-22)19(26)14-4-5-16-15(12-14)20-17(24)6-11-27-16/h4-5,12H,3,6-11,13H2,1-2H3,(H,20,24). The molecule has 1 fully saturated rings. The normalized spacial score (nSPS) is 18.1. The van der Waals surface area contributed by atoms with E-state index in [2.05, 4.69) is 10.2 Å². The third kappa shape index (κ3) is 5.01. The van der Waals surface area contributed by atoms with Crippen LogP contribution in [0.1, 0.15) is 23.2 Å². The monoisotopic (exact) mass is 390 g/mol. The summed E-state index contributed by atoms with van der Waals surface area (Å²) in [6.45, 7) is 3.14. The molecule has 2 aliphatic rings. The van der Waals surface area contributed by atoms with Crippen LogP contribution in [-0.4, -0.2) is 85.0 Å². The first-order chi connectivity index (χ1) is 12.9. The van der Waals surface area contributed by atoms with Crippen LogP contribution < -0.4 is 5.32 Å². The van der Waals surface area contributed by atoms with Crippen molar-refractivity contribution in [2.24, 2.45) is 0 Å². The van der Waals surface area contributed by atoms with Gasteiger partial charge in [0.15, 0.2) is 0 Å². The Morgan fingerprint density at radius 2 is 2.00 bits per heavy atom. The highest BCUT2D eigenvalue weighted by molar-refractivity contribution is 7.99. The molecule has 146 valence electrons. The highest BCUT2D eigenvalue weighted by Gasteiger charge is 2.23. The van der Waals surface area contributed by atoms with E-state index in [4.69, 9.17) is 0 Å². The third-order valence-corrected chi connectivity index (χ3v) is 5.90. The molecular weight excluding hydrogens is 364 g/mol. The lowest BCUT2D eigenvalue weighted by Crippen LogP contribution is -2.39. The maximum Gasteiger partial charge on any atom is 0.253 e. The van der Waals surface area contributed by atoms with Crippen LogP contribution in [0.4, 0.5) is 5.69 Å². The molecular formula is C19H26N4O3S. The molecule has 7 nitrogen and oxygen atoms in total. The molecule has 27 heavy (non-hydrogen) atoms. The van der Waals surface area contributed by atoms with Gasteiger partial charge in [0.2, 0.25) is 11.8 Å². The summed E-state index contributed by atoms with van der Waals surface area (Å²) in [5.41, 5.74) is 1.32. The predicted molar refractivity (Wildman–Crippen MR) is 106 cm³/mol. The number of amides is 3. The highest BCUT2D eigenvalue weighted by Crippen LogP contribution is 2.31. The summed E-state index contributed by atoms with van der Waals surface area (Å²) < 4.78 is 0. The van der Waals surface area contributed by atoms with E-state index in [0.29, 0.717) is 38.2 Å². The lowest BCUT2D eigenvalue weighted by Gasteiger charge is -2.23. The first-order valence-corrected chi connectivity index (χ1v) is 10.2. The Morgan fingerprint density at radius 3 is 2.78 bits per heavy atom. The Bertz CT molecular complexity index is 738. The van der Waals surface area contributed by atoms with Gasteiger partial charge < -0.3 is 15.1 Å². The van der Waals surface area contributed by atoms with Crippen LogP contribution in [0.2, 0.25) is 0 Å². The fraction of sp³-hybridized carbons (Fsp3) is 0.526. The van der Waals surface area contributed by atoms with Gasteiger partial charge in [-0.15, -0.1) is 11.8 Å². The molecule has 0 unspecified atom stereocenters. The number of rotatable bonds is 3. The van der Waals surface area contributed by atoms with Gasteiger partial charge in [-0.3, -0.25) is 19.3 Å². The van der Waals surface area contributed by atoms with Gasteiger partial charge in [-0.2, -0.15) is 0 Å². The quantitative estimate of drug-likeness (QED) is 0.844. The molecule has 3 rings (SSSR count). The molecule has 0 aromatic heterocycles. The summed E-state index contributed by atoms with van der Waals surface area (Å²) in [6, 6.07) is 5.54. The number of carbonyl (C=O) groups excluding carboxylic acids is 3. The number of hydrogen-bond acceptors (Lipinski definition) is 5. The molecule has 0 aliphatic carbocycles. The summed E-state index contributed by atoms with van der Waals surface area (Å²) in [7, 11) is 3.51. The average Bonchev–Trinajstić information content (AvgIpc) is 2.97. The largest absolute Gasteiger partial charge is 0.348 e. The number of thioether (sulfide) groups is 1. The zero-order valence-corrected chi connectivity index (χ0v) is 16.7. The number of benzene rings is 1. The number of nitrogens with zero attached hydrogens (tertiary/aromatic N) is 3. The fourth-order valence-corrected chi connectivity index (χ4v) is 4.14. The number of carbonyl (C=O) groups is 3. The van der Waals surface area contributed by atoms with Crippen molar-refractivity contribution < 1.29 is 14.4 Å². The topological polar surface area (TPSA) is 73.0 Å². The average molecular weight is 391 g/mol.